The number of methoxy groups -OCH3 is 1. The molecular weight excluding hydrogens is 230 g/mol. The maximum Gasteiger partial charge on any atom is 0.209 e. The van der Waals surface area contributed by atoms with Gasteiger partial charge in [0.15, 0.2) is 5.78 Å². The first-order valence-electron chi connectivity index (χ1n) is 4.54. The van der Waals surface area contributed by atoms with Crippen LogP contribution in [0.4, 0.5) is 0 Å². The number of carbonyl (C=O) groups excluding carboxylic acids is 1. The van der Waals surface area contributed by atoms with Crippen LogP contribution in [0.3, 0.4) is 0 Å². The van der Waals surface area contributed by atoms with Crippen LogP contribution in [0.1, 0.15) is 10.4 Å². The first kappa shape index (κ1) is 12.7. The van der Waals surface area contributed by atoms with Crippen molar-refractivity contribution in [3.8, 4) is 5.75 Å². The van der Waals surface area contributed by atoms with Crippen LogP contribution < -0.4 is 9.46 Å². The number of hydrogen-bond acceptors (Lipinski definition) is 4. The van der Waals surface area contributed by atoms with Crippen LogP contribution >= 0.6 is 0 Å². The van der Waals surface area contributed by atoms with Gasteiger partial charge in [0, 0.05) is 5.56 Å². The molecule has 0 bridgehead atoms. The van der Waals surface area contributed by atoms with E-state index in [4.69, 9.17) is 4.74 Å². The van der Waals surface area contributed by atoms with E-state index in [-0.39, 0.29) is 12.3 Å². The SMILES string of the molecule is COc1cccc(C(=O)CNS(C)(=O)=O)c1. The van der Waals surface area contributed by atoms with Gasteiger partial charge in [-0.1, -0.05) is 12.1 Å². The van der Waals surface area contributed by atoms with Crippen molar-refractivity contribution in [2.75, 3.05) is 19.9 Å². The van der Waals surface area contributed by atoms with Crippen LogP contribution in [-0.4, -0.2) is 34.1 Å². The standard InChI is InChI=1S/C10H13NO4S/c1-15-9-5-3-4-8(6-9)10(12)7-11-16(2,13)14/h3-6,11H,7H2,1-2H3. The number of ether oxygens (including phenoxy) is 1. The van der Waals surface area contributed by atoms with Gasteiger partial charge in [0.1, 0.15) is 5.75 Å². The number of sulfonamides is 1. The molecule has 0 unspecified atom stereocenters. The van der Waals surface area contributed by atoms with E-state index in [9.17, 15) is 13.2 Å². The predicted octanol–water partition coefficient (Wildman–Crippen LogP) is 0.427. The van der Waals surface area contributed by atoms with Crippen molar-refractivity contribution in [1.82, 2.24) is 4.72 Å². The molecule has 0 heterocycles. The van der Waals surface area contributed by atoms with Crippen molar-refractivity contribution in [2.24, 2.45) is 0 Å². The highest BCUT2D eigenvalue weighted by molar-refractivity contribution is 7.88. The second-order valence-corrected chi connectivity index (χ2v) is 5.08. The molecule has 0 aliphatic rings. The molecule has 0 fully saturated rings. The number of Topliss-reactive ketones (excluding diaryl/α,β-unsaturated/α-hetero) is 1. The van der Waals surface area contributed by atoms with Gasteiger partial charge in [0.05, 0.1) is 19.9 Å². The molecule has 0 radical (unpaired) electrons. The van der Waals surface area contributed by atoms with Crippen molar-refractivity contribution in [1.29, 1.82) is 0 Å². The fourth-order valence-electron chi connectivity index (χ4n) is 1.10. The van der Waals surface area contributed by atoms with Gasteiger partial charge in [-0.15, -0.1) is 0 Å². The number of ketones is 1. The molecule has 0 atom stereocenters. The summed E-state index contributed by atoms with van der Waals surface area (Å²) in [5, 5.41) is 0. The lowest BCUT2D eigenvalue weighted by atomic mass is 10.1. The summed E-state index contributed by atoms with van der Waals surface area (Å²) in [5.74, 6) is 0.259. The van der Waals surface area contributed by atoms with E-state index in [0.29, 0.717) is 11.3 Å². The molecule has 0 spiro atoms. The lowest BCUT2D eigenvalue weighted by molar-refractivity contribution is 0.0996. The third-order valence-electron chi connectivity index (χ3n) is 1.89. The molecule has 16 heavy (non-hydrogen) atoms. The zero-order valence-electron chi connectivity index (χ0n) is 9.06. The Balaban J connectivity index is 2.73. The molecule has 0 saturated heterocycles. The van der Waals surface area contributed by atoms with Crippen molar-refractivity contribution < 1.29 is 17.9 Å². The van der Waals surface area contributed by atoms with Crippen molar-refractivity contribution in [3.05, 3.63) is 29.8 Å². The van der Waals surface area contributed by atoms with Crippen LogP contribution in [0.25, 0.3) is 0 Å². The highest BCUT2D eigenvalue weighted by Crippen LogP contribution is 2.12. The lowest BCUT2D eigenvalue weighted by Crippen LogP contribution is -2.28. The third kappa shape index (κ3) is 4.00. The maximum atomic E-state index is 11.6. The monoisotopic (exact) mass is 243 g/mol. The maximum absolute atomic E-state index is 11.6. The normalized spacial score (nSPS) is 11.1. The van der Waals surface area contributed by atoms with Gasteiger partial charge < -0.3 is 4.74 Å². The van der Waals surface area contributed by atoms with E-state index < -0.39 is 10.0 Å². The highest BCUT2D eigenvalue weighted by atomic mass is 32.2. The minimum atomic E-state index is -3.34. The average molecular weight is 243 g/mol. The highest BCUT2D eigenvalue weighted by Gasteiger charge is 2.09. The first-order chi connectivity index (χ1) is 7.42. The van der Waals surface area contributed by atoms with Gasteiger partial charge in [-0.25, -0.2) is 13.1 Å². The molecule has 0 saturated carbocycles. The minimum Gasteiger partial charge on any atom is -0.497 e. The summed E-state index contributed by atoms with van der Waals surface area (Å²) in [7, 11) is -1.85. The Morgan fingerprint density at radius 1 is 1.44 bits per heavy atom. The van der Waals surface area contributed by atoms with Gasteiger partial charge in [-0.2, -0.15) is 0 Å². The Labute approximate surface area is 94.5 Å². The molecule has 1 rings (SSSR count). The number of carbonyl (C=O) groups is 1. The van der Waals surface area contributed by atoms with Crippen molar-refractivity contribution >= 4 is 15.8 Å². The van der Waals surface area contributed by atoms with Gasteiger partial charge in [-0.3, -0.25) is 4.79 Å². The number of benzene rings is 1. The summed E-state index contributed by atoms with van der Waals surface area (Å²) in [6.07, 6.45) is 1.01. The second kappa shape index (κ2) is 5.09. The van der Waals surface area contributed by atoms with Crippen LogP contribution in [0.15, 0.2) is 24.3 Å². The molecule has 0 aliphatic carbocycles. The lowest BCUT2D eigenvalue weighted by Gasteiger charge is -2.04. The van der Waals surface area contributed by atoms with Gasteiger partial charge in [-0.05, 0) is 12.1 Å². The van der Waals surface area contributed by atoms with Gasteiger partial charge in [0.2, 0.25) is 10.0 Å². The topological polar surface area (TPSA) is 72.5 Å². The van der Waals surface area contributed by atoms with Crippen LogP contribution in [0.5, 0.6) is 5.75 Å². The molecule has 1 aromatic rings. The number of nitrogens with one attached hydrogen (secondary N) is 1. The Bertz CT molecular complexity index is 481. The molecule has 5 nitrogen and oxygen atoms in total. The molecule has 0 aromatic heterocycles. The summed E-state index contributed by atoms with van der Waals surface area (Å²) in [6.45, 7) is -0.244. The molecule has 6 heteroatoms. The number of rotatable bonds is 5. The van der Waals surface area contributed by atoms with E-state index in [1.54, 1.807) is 24.3 Å². The van der Waals surface area contributed by atoms with E-state index in [2.05, 4.69) is 4.72 Å². The van der Waals surface area contributed by atoms with Gasteiger partial charge in [0.25, 0.3) is 0 Å². The average Bonchev–Trinajstić information content (AvgIpc) is 2.25. The fraction of sp³-hybridized carbons (Fsp3) is 0.300. The van der Waals surface area contributed by atoms with E-state index >= 15 is 0 Å². The van der Waals surface area contributed by atoms with Crippen LogP contribution in [-0.2, 0) is 10.0 Å². The van der Waals surface area contributed by atoms with E-state index in [0.717, 1.165) is 6.26 Å². The summed E-state index contributed by atoms with van der Waals surface area (Å²) in [5.41, 5.74) is 0.413. The van der Waals surface area contributed by atoms with Crippen LogP contribution in [0.2, 0.25) is 0 Å². The molecule has 1 N–H and O–H groups in total. The Morgan fingerprint density at radius 3 is 2.69 bits per heavy atom. The Morgan fingerprint density at radius 2 is 2.12 bits per heavy atom. The second-order valence-electron chi connectivity index (χ2n) is 3.25. The molecule has 88 valence electrons. The zero-order valence-corrected chi connectivity index (χ0v) is 9.87. The van der Waals surface area contributed by atoms with E-state index in [1.807, 2.05) is 0 Å². The quantitative estimate of drug-likeness (QED) is 0.761. The largest absolute Gasteiger partial charge is 0.497 e. The molecule has 1 aromatic carbocycles. The number of hydrogen-bond donors (Lipinski definition) is 1. The summed E-state index contributed by atoms with van der Waals surface area (Å²) in [4.78, 5) is 11.6. The zero-order chi connectivity index (χ0) is 12.2. The summed E-state index contributed by atoms with van der Waals surface area (Å²) in [6, 6.07) is 6.55. The molecule has 0 aliphatic heterocycles. The molecular formula is C10H13NO4S. The Hall–Kier alpha value is -1.40. The summed E-state index contributed by atoms with van der Waals surface area (Å²) >= 11 is 0. The molecule has 0 amide bonds. The predicted molar refractivity (Wildman–Crippen MR) is 60.2 cm³/mol. The minimum absolute atomic E-state index is 0.244. The Kier molecular flexibility index (Phi) is 4.03. The van der Waals surface area contributed by atoms with Crippen molar-refractivity contribution in [2.45, 2.75) is 0 Å². The third-order valence-corrected chi connectivity index (χ3v) is 2.56. The van der Waals surface area contributed by atoms with E-state index in [1.165, 1.54) is 7.11 Å². The smallest absolute Gasteiger partial charge is 0.209 e. The van der Waals surface area contributed by atoms with Crippen molar-refractivity contribution in [3.63, 3.8) is 0 Å². The summed E-state index contributed by atoms with van der Waals surface area (Å²) < 4.78 is 28.7. The first-order valence-corrected chi connectivity index (χ1v) is 6.43. The fourth-order valence-corrected chi connectivity index (χ4v) is 1.49. The van der Waals surface area contributed by atoms with Gasteiger partial charge >= 0.3 is 0 Å². The van der Waals surface area contributed by atoms with Crippen LogP contribution in [0, 0.1) is 0 Å².